The fraction of sp³-hybridized carbons (Fsp3) is 0. The first-order valence-corrected chi connectivity index (χ1v) is 5.42. The van der Waals surface area contributed by atoms with Crippen LogP contribution in [-0.2, 0) is 0 Å². The van der Waals surface area contributed by atoms with E-state index in [0.29, 0.717) is 16.8 Å². The van der Waals surface area contributed by atoms with E-state index in [1.165, 1.54) is 0 Å². The average molecular weight is 239 g/mol. The molecule has 0 N–H and O–H groups in total. The Morgan fingerprint density at radius 3 is 2.56 bits per heavy atom. The van der Waals surface area contributed by atoms with E-state index in [0.717, 1.165) is 4.68 Å². The van der Waals surface area contributed by atoms with Crippen LogP contribution in [0.2, 0.25) is 0 Å². The van der Waals surface area contributed by atoms with Crippen LogP contribution in [0.4, 0.5) is 4.79 Å². The quantitative estimate of drug-likeness (QED) is 0.654. The minimum absolute atomic E-state index is 0.474. The van der Waals surface area contributed by atoms with Crippen molar-refractivity contribution < 1.29 is 9.53 Å². The Labute approximate surface area is 103 Å². The second kappa shape index (κ2) is 4.29. The molecule has 0 saturated carbocycles. The van der Waals surface area contributed by atoms with Gasteiger partial charge in [-0.3, -0.25) is 0 Å². The van der Waals surface area contributed by atoms with Gasteiger partial charge in [-0.2, -0.15) is 0 Å². The minimum Gasteiger partial charge on any atom is -0.409 e. The monoisotopic (exact) mass is 239 g/mol. The molecular formula is C13H9N3O2. The highest BCUT2D eigenvalue weighted by Crippen LogP contribution is 2.13. The van der Waals surface area contributed by atoms with Gasteiger partial charge in [0.1, 0.15) is 16.8 Å². The number of carbonyl (C=O) groups excluding carboxylic acids is 1. The van der Waals surface area contributed by atoms with Crippen molar-refractivity contribution in [3.63, 3.8) is 0 Å². The van der Waals surface area contributed by atoms with Gasteiger partial charge in [0.25, 0.3) is 0 Å². The third kappa shape index (κ3) is 1.82. The van der Waals surface area contributed by atoms with E-state index in [1.807, 2.05) is 18.2 Å². The lowest BCUT2D eigenvalue weighted by molar-refractivity contribution is 0.199. The van der Waals surface area contributed by atoms with E-state index in [9.17, 15) is 4.79 Å². The summed E-state index contributed by atoms with van der Waals surface area (Å²) in [7, 11) is 0. The molecule has 88 valence electrons. The molecule has 0 aliphatic rings. The van der Waals surface area contributed by atoms with Crippen molar-refractivity contribution in [2.45, 2.75) is 0 Å². The van der Waals surface area contributed by atoms with E-state index in [4.69, 9.17) is 4.74 Å². The van der Waals surface area contributed by atoms with Crippen molar-refractivity contribution in [3.8, 4) is 5.75 Å². The highest BCUT2D eigenvalue weighted by molar-refractivity contribution is 5.85. The molecule has 18 heavy (non-hydrogen) atoms. The van der Waals surface area contributed by atoms with Crippen LogP contribution in [0, 0.1) is 0 Å². The SMILES string of the molecule is O=C(Oc1ccccc1)n1nnc2ccccc21. The maximum absolute atomic E-state index is 11.9. The van der Waals surface area contributed by atoms with E-state index in [1.54, 1.807) is 36.4 Å². The predicted molar refractivity (Wildman–Crippen MR) is 65.4 cm³/mol. The molecule has 3 aromatic rings. The maximum atomic E-state index is 11.9. The number of aromatic nitrogens is 3. The summed E-state index contributed by atoms with van der Waals surface area (Å²) in [6, 6.07) is 16.1. The Hall–Kier alpha value is -2.69. The first-order chi connectivity index (χ1) is 8.84. The molecule has 0 fully saturated rings. The third-order valence-electron chi connectivity index (χ3n) is 2.47. The van der Waals surface area contributed by atoms with Crippen LogP contribution in [-0.4, -0.2) is 21.1 Å². The highest BCUT2D eigenvalue weighted by Gasteiger charge is 2.13. The van der Waals surface area contributed by atoms with Gasteiger partial charge in [-0.1, -0.05) is 35.5 Å². The molecule has 5 nitrogen and oxygen atoms in total. The van der Waals surface area contributed by atoms with Gasteiger partial charge in [0, 0.05) is 0 Å². The van der Waals surface area contributed by atoms with Crippen molar-refractivity contribution >= 4 is 17.1 Å². The Bertz CT molecular complexity index is 692. The van der Waals surface area contributed by atoms with Gasteiger partial charge in [-0.05, 0) is 24.3 Å². The molecule has 0 saturated heterocycles. The van der Waals surface area contributed by atoms with Crippen LogP contribution in [0.25, 0.3) is 11.0 Å². The number of hydrogen-bond donors (Lipinski definition) is 0. The number of ether oxygens (including phenoxy) is 1. The molecule has 5 heteroatoms. The van der Waals surface area contributed by atoms with Crippen molar-refractivity contribution in [1.29, 1.82) is 0 Å². The molecule has 1 heterocycles. The van der Waals surface area contributed by atoms with Gasteiger partial charge in [-0.25, -0.2) is 4.79 Å². The van der Waals surface area contributed by atoms with Crippen molar-refractivity contribution in [1.82, 2.24) is 15.0 Å². The van der Waals surface area contributed by atoms with Crippen LogP contribution in [0.1, 0.15) is 0 Å². The summed E-state index contributed by atoms with van der Waals surface area (Å²) in [5.41, 5.74) is 1.28. The van der Waals surface area contributed by atoms with Gasteiger partial charge >= 0.3 is 6.09 Å². The molecule has 0 aliphatic heterocycles. The second-order valence-electron chi connectivity index (χ2n) is 3.67. The van der Waals surface area contributed by atoms with Crippen LogP contribution >= 0.6 is 0 Å². The van der Waals surface area contributed by atoms with Crippen LogP contribution in [0.3, 0.4) is 0 Å². The zero-order valence-corrected chi connectivity index (χ0v) is 9.35. The van der Waals surface area contributed by atoms with E-state index >= 15 is 0 Å². The molecule has 0 radical (unpaired) electrons. The number of rotatable bonds is 1. The Morgan fingerprint density at radius 1 is 1.00 bits per heavy atom. The third-order valence-corrected chi connectivity index (χ3v) is 2.47. The summed E-state index contributed by atoms with van der Waals surface area (Å²) < 4.78 is 6.33. The van der Waals surface area contributed by atoms with Crippen molar-refractivity contribution in [2.24, 2.45) is 0 Å². The standard InChI is InChI=1S/C13H9N3O2/c17-13(18-10-6-2-1-3-7-10)16-12-9-5-4-8-11(12)14-15-16/h1-9H. The lowest BCUT2D eigenvalue weighted by atomic mass is 10.3. The smallest absolute Gasteiger partial charge is 0.409 e. The van der Waals surface area contributed by atoms with E-state index in [-0.39, 0.29) is 0 Å². The molecule has 2 aromatic carbocycles. The molecule has 1 aromatic heterocycles. The number of hydrogen-bond acceptors (Lipinski definition) is 4. The molecule has 0 aliphatic carbocycles. The Kier molecular flexibility index (Phi) is 2.49. The largest absolute Gasteiger partial charge is 0.442 e. The van der Waals surface area contributed by atoms with Gasteiger partial charge in [0.2, 0.25) is 0 Å². The molecule has 0 spiro atoms. The Balaban J connectivity index is 1.93. The zero-order valence-electron chi connectivity index (χ0n) is 9.35. The van der Waals surface area contributed by atoms with Gasteiger partial charge in [-0.15, -0.1) is 9.78 Å². The molecular weight excluding hydrogens is 230 g/mol. The summed E-state index contributed by atoms with van der Waals surface area (Å²) in [6.07, 6.45) is -0.574. The zero-order chi connectivity index (χ0) is 12.4. The molecule has 0 unspecified atom stereocenters. The maximum Gasteiger partial charge on any atom is 0.442 e. The highest BCUT2D eigenvalue weighted by atomic mass is 16.6. The number of fused-ring (bicyclic) bond motifs is 1. The summed E-state index contributed by atoms with van der Waals surface area (Å²) in [4.78, 5) is 11.9. The average Bonchev–Trinajstić information content (AvgIpc) is 2.84. The number of benzene rings is 2. The predicted octanol–water partition coefficient (Wildman–Crippen LogP) is 2.48. The number of nitrogens with zero attached hydrogens (tertiary/aromatic N) is 3. The van der Waals surface area contributed by atoms with Crippen molar-refractivity contribution in [3.05, 3.63) is 54.6 Å². The first kappa shape index (κ1) is 10.5. The molecule has 3 rings (SSSR count). The van der Waals surface area contributed by atoms with Gasteiger partial charge in [0.05, 0.1) is 0 Å². The van der Waals surface area contributed by atoms with E-state index < -0.39 is 6.09 Å². The van der Waals surface area contributed by atoms with Crippen molar-refractivity contribution in [2.75, 3.05) is 0 Å². The molecule has 0 amide bonds. The Morgan fingerprint density at radius 2 is 1.72 bits per heavy atom. The summed E-state index contributed by atoms with van der Waals surface area (Å²) in [5, 5.41) is 7.68. The lowest BCUT2D eigenvalue weighted by Gasteiger charge is -2.03. The fourth-order valence-corrected chi connectivity index (χ4v) is 1.64. The van der Waals surface area contributed by atoms with Crippen LogP contribution < -0.4 is 4.74 Å². The van der Waals surface area contributed by atoms with E-state index in [2.05, 4.69) is 10.3 Å². The molecule has 0 atom stereocenters. The normalized spacial score (nSPS) is 10.4. The molecule has 0 bridgehead atoms. The van der Waals surface area contributed by atoms with Gasteiger partial charge < -0.3 is 4.74 Å². The fourth-order valence-electron chi connectivity index (χ4n) is 1.64. The summed E-state index contributed by atoms with van der Waals surface area (Å²) in [6.45, 7) is 0. The lowest BCUT2D eigenvalue weighted by Crippen LogP contribution is -2.18. The summed E-state index contributed by atoms with van der Waals surface area (Å²) >= 11 is 0. The van der Waals surface area contributed by atoms with Crippen LogP contribution in [0.15, 0.2) is 54.6 Å². The van der Waals surface area contributed by atoms with Gasteiger partial charge in [0.15, 0.2) is 0 Å². The number of carbonyl (C=O) groups is 1. The minimum atomic E-state index is -0.574. The second-order valence-corrected chi connectivity index (χ2v) is 3.67. The topological polar surface area (TPSA) is 57.0 Å². The number of para-hydroxylation sites is 2. The van der Waals surface area contributed by atoms with Crippen LogP contribution in [0.5, 0.6) is 5.75 Å². The first-order valence-electron chi connectivity index (χ1n) is 5.42. The summed E-state index contributed by atoms with van der Waals surface area (Å²) in [5.74, 6) is 0.474.